The number of nitrogens with zero attached hydrogens (tertiary/aromatic N) is 4. The average molecular weight is 418 g/mol. The molecule has 160 valence electrons. The number of hydrogen-bond acceptors (Lipinski definition) is 5. The van der Waals surface area contributed by atoms with Crippen LogP contribution in [0.5, 0.6) is 5.75 Å². The quantitative estimate of drug-likeness (QED) is 0.644. The Morgan fingerprint density at radius 3 is 2.61 bits per heavy atom. The van der Waals surface area contributed by atoms with Crippen molar-refractivity contribution in [2.75, 3.05) is 49.6 Å². The second kappa shape index (κ2) is 7.98. The second-order valence-electron chi connectivity index (χ2n) is 7.92. The molecule has 2 aliphatic heterocycles. The number of oxazole rings is 1. The second-order valence-corrected chi connectivity index (χ2v) is 7.92. The summed E-state index contributed by atoms with van der Waals surface area (Å²) in [4.78, 5) is 23.5. The molecule has 3 heterocycles. The Balaban J connectivity index is 1.27. The summed E-state index contributed by atoms with van der Waals surface area (Å²) >= 11 is 0. The molecule has 0 spiro atoms. The number of fused-ring (bicyclic) bond motifs is 1. The molecule has 2 amide bonds. The van der Waals surface area contributed by atoms with Crippen molar-refractivity contribution in [1.29, 1.82) is 0 Å². The molecule has 1 saturated heterocycles. The van der Waals surface area contributed by atoms with E-state index in [9.17, 15) is 4.79 Å². The van der Waals surface area contributed by atoms with Gasteiger partial charge in [-0.05, 0) is 30.2 Å². The fourth-order valence-electron chi connectivity index (χ4n) is 4.43. The number of carbonyl (C=O) groups is 1. The van der Waals surface area contributed by atoms with E-state index in [1.165, 1.54) is 5.56 Å². The summed E-state index contributed by atoms with van der Waals surface area (Å²) < 4.78 is 11.3. The van der Waals surface area contributed by atoms with Crippen LogP contribution >= 0.6 is 0 Å². The van der Waals surface area contributed by atoms with Gasteiger partial charge in [0.25, 0.3) is 0 Å². The third-order valence-corrected chi connectivity index (χ3v) is 6.11. The number of carbonyl (C=O) groups excluding carboxylic acids is 1. The molecule has 0 saturated carbocycles. The highest BCUT2D eigenvalue weighted by atomic mass is 16.5. The first-order valence-electron chi connectivity index (χ1n) is 10.6. The van der Waals surface area contributed by atoms with Crippen LogP contribution in [0.25, 0.3) is 11.3 Å². The van der Waals surface area contributed by atoms with Crippen LogP contribution in [0.4, 0.5) is 16.2 Å². The van der Waals surface area contributed by atoms with E-state index >= 15 is 0 Å². The van der Waals surface area contributed by atoms with E-state index in [1.807, 2.05) is 47.1 Å². The lowest BCUT2D eigenvalue weighted by molar-refractivity contribution is 0.201. The molecule has 0 radical (unpaired) electrons. The standard InChI is InChI=1S/C24H26N4O3/c1-17-25-16-23(31-17)20-8-7-19(15-22(20)30-2)26-11-13-27(14-12-26)24(29)28-10-9-18-5-3-4-6-21(18)28/h3-8,15-16H,9-14H2,1-2H3. The summed E-state index contributed by atoms with van der Waals surface area (Å²) in [6, 6.07) is 14.4. The van der Waals surface area contributed by atoms with Gasteiger partial charge in [-0.15, -0.1) is 0 Å². The van der Waals surface area contributed by atoms with Gasteiger partial charge in [-0.2, -0.15) is 0 Å². The maximum atomic E-state index is 13.1. The first-order chi connectivity index (χ1) is 15.1. The Morgan fingerprint density at radius 1 is 1.06 bits per heavy atom. The number of anilines is 2. The molecule has 7 nitrogen and oxygen atoms in total. The average Bonchev–Trinajstić information content (AvgIpc) is 3.44. The maximum Gasteiger partial charge on any atom is 0.324 e. The van der Waals surface area contributed by atoms with E-state index < -0.39 is 0 Å². The molecule has 7 heteroatoms. The number of urea groups is 1. The third-order valence-electron chi connectivity index (χ3n) is 6.11. The number of amides is 2. The number of hydrogen-bond donors (Lipinski definition) is 0. The van der Waals surface area contributed by atoms with Crippen LogP contribution in [-0.4, -0.2) is 55.7 Å². The highest BCUT2D eigenvalue weighted by Crippen LogP contribution is 2.34. The van der Waals surface area contributed by atoms with E-state index in [-0.39, 0.29) is 6.03 Å². The lowest BCUT2D eigenvalue weighted by atomic mass is 10.1. The number of aryl methyl sites for hydroxylation is 1. The Kier molecular flexibility index (Phi) is 5.02. The zero-order chi connectivity index (χ0) is 21.4. The number of piperazine rings is 1. The molecule has 2 aromatic carbocycles. The van der Waals surface area contributed by atoms with Crippen LogP contribution in [0.2, 0.25) is 0 Å². The van der Waals surface area contributed by atoms with Crippen molar-refractivity contribution in [2.45, 2.75) is 13.3 Å². The first-order valence-corrected chi connectivity index (χ1v) is 10.6. The maximum absolute atomic E-state index is 13.1. The SMILES string of the molecule is COc1cc(N2CCN(C(=O)N3CCc4ccccc43)CC2)ccc1-c1cnc(C)o1. The van der Waals surface area contributed by atoms with Crippen LogP contribution in [0.15, 0.2) is 53.1 Å². The number of aromatic nitrogens is 1. The zero-order valence-electron chi connectivity index (χ0n) is 17.9. The lowest BCUT2D eigenvalue weighted by Crippen LogP contribution is -2.52. The Bertz CT molecular complexity index is 1100. The molecule has 0 atom stereocenters. The van der Waals surface area contributed by atoms with Crippen molar-refractivity contribution >= 4 is 17.4 Å². The van der Waals surface area contributed by atoms with E-state index in [1.54, 1.807) is 13.3 Å². The Morgan fingerprint density at radius 2 is 1.87 bits per heavy atom. The van der Waals surface area contributed by atoms with Crippen molar-refractivity contribution in [1.82, 2.24) is 9.88 Å². The van der Waals surface area contributed by atoms with Gasteiger partial charge in [0.2, 0.25) is 0 Å². The molecule has 0 N–H and O–H groups in total. The van der Waals surface area contributed by atoms with Crippen LogP contribution < -0.4 is 14.5 Å². The summed E-state index contributed by atoms with van der Waals surface area (Å²) in [5.41, 5.74) is 4.27. The van der Waals surface area contributed by atoms with Gasteiger partial charge in [0.15, 0.2) is 11.7 Å². The van der Waals surface area contributed by atoms with E-state index in [0.29, 0.717) is 24.7 Å². The molecule has 0 unspecified atom stereocenters. The molecular formula is C24H26N4O3. The zero-order valence-corrected chi connectivity index (χ0v) is 17.9. The van der Waals surface area contributed by atoms with Crippen molar-refractivity contribution in [3.8, 4) is 17.1 Å². The monoisotopic (exact) mass is 418 g/mol. The molecule has 31 heavy (non-hydrogen) atoms. The predicted octanol–water partition coefficient (Wildman–Crippen LogP) is 3.96. The molecular weight excluding hydrogens is 392 g/mol. The van der Waals surface area contributed by atoms with Gasteiger partial charge in [-0.1, -0.05) is 18.2 Å². The van der Waals surface area contributed by atoms with Crippen LogP contribution in [0.1, 0.15) is 11.5 Å². The van der Waals surface area contributed by atoms with Gasteiger partial charge in [-0.3, -0.25) is 4.90 Å². The number of rotatable bonds is 3. The minimum absolute atomic E-state index is 0.109. The van der Waals surface area contributed by atoms with Crippen LogP contribution in [0.3, 0.4) is 0 Å². The number of methoxy groups -OCH3 is 1. The molecule has 5 rings (SSSR count). The topological polar surface area (TPSA) is 62.1 Å². The lowest BCUT2D eigenvalue weighted by Gasteiger charge is -2.38. The Hall–Kier alpha value is -3.48. The summed E-state index contributed by atoms with van der Waals surface area (Å²) in [7, 11) is 1.66. The minimum Gasteiger partial charge on any atom is -0.496 e. The summed E-state index contributed by atoms with van der Waals surface area (Å²) in [6.07, 6.45) is 2.65. The smallest absolute Gasteiger partial charge is 0.324 e. The highest BCUT2D eigenvalue weighted by Gasteiger charge is 2.30. The molecule has 0 bridgehead atoms. The predicted molar refractivity (Wildman–Crippen MR) is 120 cm³/mol. The summed E-state index contributed by atoms with van der Waals surface area (Å²) in [6.45, 7) is 5.55. The van der Waals surface area contributed by atoms with Gasteiger partial charge in [0.05, 0.1) is 18.9 Å². The first kappa shape index (κ1) is 19.5. The fraction of sp³-hybridized carbons (Fsp3) is 0.333. The molecule has 1 fully saturated rings. The van der Waals surface area contributed by atoms with E-state index in [4.69, 9.17) is 9.15 Å². The molecule has 1 aromatic heterocycles. The molecule has 0 aliphatic carbocycles. The van der Waals surface area contributed by atoms with Gasteiger partial charge in [0, 0.05) is 57.1 Å². The largest absolute Gasteiger partial charge is 0.496 e. The summed E-state index contributed by atoms with van der Waals surface area (Å²) in [5, 5.41) is 0. The molecule has 3 aromatic rings. The summed E-state index contributed by atoms with van der Waals surface area (Å²) in [5.74, 6) is 2.07. The van der Waals surface area contributed by atoms with Gasteiger partial charge >= 0.3 is 6.03 Å². The molecule has 2 aliphatic rings. The number of para-hydroxylation sites is 1. The van der Waals surface area contributed by atoms with Crippen LogP contribution in [0, 0.1) is 6.92 Å². The van der Waals surface area contributed by atoms with Crippen LogP contribution in [-0.2, 0) is 6.42 Å². The van der Waals surface area contributed by atoms with Gasteiger partial charge < -0.3 is 19.0 Å². The highest BCUT2D eigenvalue weighted by molar-refractivity contribution is 5.94. The van der Waals surface area contributed by atoms with E-state index in [2.05, 4.69) is 22.0 Å². The number of ether oxygens (including phenoxy) is 1. The van der Waals surface area contributed by atoms with Gasteiger partial charge in [-0.25, -0.2) is 9.78 Å². The Labute approximate surface area is 181 Å². The van der Waals surface area contributed by atoms with Crippen molar-refractivity contribution in [2.24, 2.45) is 0 Å². The van der Waals surface area contributed by atoms with Crippen molar-refractivity contribution < 1.29 is 13.9 Å². The third kappa shape index (κ3) is 3.60. The normalized spacial score (nSPS) is 15.9. The number of benzene rings is 2. The van der Waals surface area contributed by atoms with Gasteiger partial charge in [0.1, 0.15) is 5.75 Å². The van der Waals surface area contributed by atoms with E-state index in [0.717, 1.165) is 48.7 Å². The van der Waals surface area contributed by atoms with Crippen molar-refractivity contribution in [3.63, 3.8) is 0 Å². The van der Waals surface area contributed by atoms with Crippen molar-refractivity contribution in [3.05, 3.63) is 60.1 Å². The minimum atomic E-state index is 0.109. The fourth-order valence-corrected chi connectivity index (χ4v) is 4.43.